The predicted octanol–water partition coefficient (Wildman–Crippen LogP) is 3.95. The van der Waals surface area contributed by atoms with E-state index in [1.165, 1.54) is 0 Å². The van der Waals surface area contributed by atoms with Gasteiger partial charge in [-0.3, -0.25) is 0 Å². The molecule has 0 aliphatic heterocycles. The third-order valence-corrected chi connectivity index (χ3v) is 3.27. The molecule has 0 amide bonds. The number of halogens is 1. The van der Waals surface area contributed by atoms with Gasteiger partial charge < -0.3 is 14.8 Å². The highest BCUT2D eigenvalue weighted by Gasteiger charge is 1.98. The van der Waals surface area contributed by atoms with Gasteiger partial charge in [0.25, 0.3) is 0 Å². The third kappa shape index (κ3) is 4.17. The van der Waals surface area contributed by atoms with Crippen LogP contribution in [0.3, 0.4) is 0 Å². The zero-order valence-corrected chi connectivity index (χ0v) is 12.3. The number of methoxy groups -OCH3 is 1. The highest BCUT2D eigenvalue weighted by molar-refractivity contribution is 9.10. The van der Waals surface area contributed by atoms with Gasteiger partial charge in [-0.15, -0.1) is 0 Å². The molecule has 0 radical (unpaired) electrons. The van der Waals surface area contributed by atoms with E-state index in [0.29, 0.717) is 6.61 Å². The summed E-state index contributed by atoms with van der Waals surface area (Å²) in [5.41, 5.74) is 1.05. The molecule has 19 heavy (non-hydrogen) atoms. The van der Waals surface area contributed by atoms with E-state index >= 15 is 0 Å². The first-order valence-electron chi connectivity index (χ1n) is 6.05. The molecule has 3 nitrogen and oxygen atoms in total. The standard InChI is InChI=1S/C15H16BrNO2/c1-18-13-8-6-12(7-9-13)17-10-11-19-15-5-3-2-4-14(15)16/h2-9,17H,10-11H2,1H3. The summed E-state index contributed by atoms with van der Waals surface area (Å²) in [5.74, 6) is 1.72. The second kappa shape index (κ2) is 7.04. The summed E-state index contributed by atoms with van der Waals surface area (Å²) in [5, 5.41) is 3.29. The van der Waals surface area contributed by atoms with Crippen LogP contribution in [0.1, 0.15) is 0 Å². The minimum atomic E-state index is 0.606. The number of rotatable bonds is 6. The number of nitrogens with one attached hydrogen (secondary N) is 1. The molecule has 0 aromatic heterocycles. The van der Waals surface area contributed by atoms with Crippen LogP contribution in [0.4, 0.5) is 5.69 Å². The molecule has 0 heterocycles. The second-order valence-electron chi connectivity index (χ2n) is 3.93. The summed E-state index contributed by atoms with van der Waals surface area (Å²) in [6.45, 7) is 1.35. The van der Waals surface area contributed by atoms with Gasteiger partial charge in [0.15, 0.2) is 0 Å². The van der Waals surface area contributed by atoms with Gasteiger partial charge >= 0.3 is 0 Å². The highest BCUT2D eigenvalue weighted by atomic mass is 79.9. The van der Waals surface area contributed by atoms with Crippen LogP contribution in [-0.2, 0) is 0 Å². The van der Waals surface area contributed by atoms with Crippen molar-refractivity contribution in [2.75, 3.05) is 25.6 Å². The Morgan fingerprint density at radius 1 is 1.05 bits per heavy atom. The van der Waals surface area contributed by atoms with E-state index in [2.05, 4.69) is 21.2 Å². The van der Waals surface area contributed by atoms with Crippen LogP contribution in [0.5, 0.6) is 11.5 Å². The van der Waals surface area contributed by atoms with Crippen LogP contribution < -0.4 is 14.8 Å². The fraction of sp³-hybridized carbons (Fsp3) is 0.200. The first-order chi connectivity index (χ1) is 9.29. The number of hydrogen-bond acceptors (Lipinski definition) is 3. The lowest BCUT2D eigenvalue weighted by molar-refractivity contribution is 0.331. The van der Waals surface area contributed by atoms with Gasteiger partial charge in [0.05, 0.1) is 11.6 Å². The Balaban J connectivity index is 1.76. The summed E-state index contributed by atoms with van der Waals surface area (Å²) < 4.78 is 11.7. The molecule has 2 aromatic rings. The van der Waals surface area contributed by atoms with E-state index in [-0.39, 0.29) is 0 Å². The van der Waals surface area contributed by atoms with Crippen LogP contribution in [0.15, 0.2) is 53.0 Å². The molecule has 100 valence electrons. The van der Waals surface area contributed by atoms with Crippen molar-refractivity contribution in [3.05, 3.63) is 53.0 Å². The first-order valence-corrected chi connectivity index (χ1v) is 6.84. The van der Waals surface area contributed by atoms with Gasteiger partial charge in [-0.1, -0.05) is 12.1 Å². The van der Waals surface area contributed by atoms with E-state index in [1.807, 2.05) is 48.5 Å². The lowest BCUT2D eigenvalue weighted by Gasteiger charge is -2.10. The second-order valence-corrected chi connectivity index (χ2v) is 4.79. The lowest BCUT2D eigenvalue weighted by Crippen LogP contribution is -2.11. The molecule has 0 bridgehead atoms. The van der Waals surface area contributed by atoms with Gasteiger partial charge in [0.1, 0.15) is 18.1 Å². The van der Waals surface area contributed by atoms with Crippen molar-refractivity contribution in [1.29, 1.82) is 0 Å². The average Bonchev–Trinajstić information content (AvgIpc) is 2.46. The minimum Gasteiger partial charge on any atom is -0.497 e. The minimum absolute atomic E-state index is 0.606. The quantitative estimate of drug-likeness (QED) is 0.817. The SMILES string of the molecule is COc1ccc(NCCOc2ccccc2Br)cc1. The van der Waals surface area contributed by atoms with Crippen LogP contribution in [0.25, 0.3) is 0 Å². The summed E-state index contributed by atoms with van der Waals surface area (Å²) in [6.07, 6.45) is 0. The van der Waals surface area contributed by atoms with Gasteiger partial charge in [0, 0.05) is 12.2 Å². The Labute approximate surface area is 121 Å². The molecule has 0 saturated carbocycles. The van der Waals surface area contributed by atoms with Crippen LogP contribution in [0, 0.1) is 0 Å². The molecule has 4 heteroatoms. The lowest BCUT2D eigenvalue weighted by atomic mass is 10.3. The van der Waals surface area contributed by atoms with Crippen molar-refractivity contribution in [2.24, 2.45) is 0 Å². The van der Waals surface area contributed by atoms with E-state index in [0.717, 1.165) is 28.2 Å². The molecule has 0 aliphatic carbocycles. The molecule has 2 rings (SSSR count). The fourth-order valence-corrected chi connectivity index (χ4v) is 2.03. The van der Waals surface area contributed by atoms with Gasteiger partial charge in [-0.05, 0) is 52.3 Å². The molecular weight excluding hydrogens is 306 g/mol. The smallest absolute Gasteiger partial charge is 0.133 e. The summed E-state index contributed by atoms with van der Waals surface area (Å²) >= 11 is 3.45. The number of benzene rings is 2. The van der Waals surface area contributed by atoms with Crippen LogP contribution in [0.2, 0.25) is 0 Å². The molecule has 0 spiro atoms. The van der Waals surface area contributed by atoms with Crippen molar-refractivity contribution in [3.8, 4) is 11.5 Å². The summed E-state index contributed by atoms with van der Waals surface area (Å²) in [7, 11) is 1.66. The van der Waals surface area contributed by atoms with Crippen molar-refractivity contribution < 1.29 is 9.47 Å². The topological polar surface area (TPSA) is 30.5 Å². The monoisotopic (exact) mass is 321 g/mol. The molecule has 0 saturated heterocycles. The fourth-order valence-electron chi connectivity index (χ4n) is 1.63. The third-order valence-electron chi connectivity index (χ3n) is 2.62. The van der Waals surface area contributed by atoms with Crippen LogP contribution in [-0.4, -0.2) is 20.3 Å². The Hall–Kier alpha value is -1.68. The van der Waals surface area contributed by atoms with Crippen molar-refractivity contribution in [3.63, 3.8) is 0 Å². The number of hydrogen-bond donors (Lipinski definition) is 1. The number of ether oxygens (including phenoxy) is 2. The van der Waals surface area contributed by atoms with Gasteiger partial charge in [0.2, 0.25) is 0 Å². The summed E-state index contributed by atoms with van der Waals surface area (Å²) in [4.78, 5) is 0. The normalized spacial score (nSPS) is 10.0. The Morgan fingerprint density at radius 3 is 2.47 bits per heavy atom. The maximum atomic E-state index is 5.67. The maximum Gasteiger partial charge on any atom is 0.133 e. The average molecular weight is 322 g/mol. The van der Waals surface area contributed by atoms with E-state index in [4.69, 9.17) is 9.47 Å². The molecule has 1 N–H and O–H groups in total. The molecule has 0 aliphatic rings. The molecule has 0 unspecified atom stereocenters. The molecule has 0 fully saturated rings. The molecule has 0 atom stereocenters. The Kier molecular flexibility index (Phi) is 5.10. The van der Waals surface area contributed by atoms with Crippen molar-refractivity contribution in [2.45, 2.75) is 0 Å². The van der Waals surface area contributed by atoms with Crippen molar-refractivity contribution >= 4 is 21.6 Å². The van der Waals surface area contributed by atoms with Crippen LogP contribution >= 0.6 is 15.9 Å². The molecule has 2 aromatic carbocycles. The van der Waals surface area contributed by atoms with Gasteiger partial charge in [-0.25, -0.2) is 0 Å². The van der Waals surface area contributed by atoms with Gasteiger partial charge in [-0.2, -0.15) is 0 Å². The van der Waals surface area contributed by atoms with Crippen molar-refractivity contribution in [1.82, 2.24) is 0 Å². The first kappa shape index (κ1) is 13.7. The Bertz CT molecular complexity index is 514. The zero-order valence-electron chi connectivity index (χ0n) is 10.7. The predicted molar refractivity (Wildman–Crippen MR) is 81.1 cm³/mol. The van der Waals surface area contributed by atoms with E-state index < -0.39 is 0 Å². The zero-order chi connectivity index (χ0) is 13.5. The number of para-hydroxylation sites is 1. The van der Waals surface area contributed by atoms with E-state index in [1.54, 1.807) is 7.11 Å². The highest BCUT2D eigenvalue weighted by Crippen LogP contribution is 2.23. The van der Waals surface area contributed by atoms with E-state index in [9.17, 15) is 0 Å². The number of anilines is 1. The largest absolute Gasteiger partial charge is 0.497 e. The maximum absolute atomic E-state index is 5.67. The Morgan fingerprint density at radius 2 is 1.79 bits per heavy atom. The molecular formula is C15H16BrNO2. The summed E-state index contributed by atoms with van der Waals surface area (Å²) in [6, 6.07) is 15.6.